The Morgan fingerprint density at radius 2 is 2.08 bits per heavy atom. The zero-order chi connectivity index (χ0) is 17.4. The van der Waals surface area contributed by atoms with Gasteiger partial charge in [0.1, 0.15) is 11.5 Å². The summed E-state index contributed by atoms with van der Waals surface area (Å²) < 4.78 is 38.9. The third-order valence-electron chi connectivity index (χ3n) is 4.95. The zero-order valence-electron chi connectivity index (χ0n) is 14.1. The van der Waals surface area contributed by atoms with Crippen LogP contribution in [-0.2, 0) is 16.4 Å². The van der Waals surface area contributed by atoms with Gasteiger partial charge in [0.25, 0.3) is 0 Å². The number of methoxy groups -OCH3 is 1. The largest absolute Gasteiger partial charge is 0.497 e. The Kier molecular flexibility index (Phi) is 4.17. The Morgan fingerprint density at radius 1 is 1.20 bits per heavy atom. The van der Waals surface area contributed by atoms with Crippen LogP contribution < -0.4 is 9.47 Å². The fourth-order valence-corrected chi connectivity index (χ4v) is 5.40. The number of fused-ring (bicyclic) bond motifs is 1. The number of hydrogen-bond acceptors (Lipinski definition) is 4. The van der Waals surface area contributed by atoms with E-state index < -0.39 is 10.0 Å². The molecule has 2 aliphatic rings. The molecule has 2 aromatic carbocycles. The van der Waals surface area contributed by atoms with E-state index in [1.165, 1.54) is 0 Å². The van der Waals surface area contributed by atoms with Gasteiger partial charge < -0.3 is 9.47 Å². The van der Waals surface area contributed by atoms with Crippen LogP contribution in [0.1, 0.15) is 30.0 Å². The number of hydrogen-bond donors (Lipinski definition) is 0. The lowest BCUT2D eigenvalue weighted by atomic mass is 10.1. The summed E-state index contributed by atoms with van der Waals surface area (Å²) >= 11 is 0. The minimum atomic E-state index is -3.54. The third kappa shape index (κ3) is 2.89. The van der Waals surface area contributed by atoms with Crippen LogP contribution in [0.5, 0.6) is 11.5 Å². The van der Waals surface area contributed by atoms with Gasteiger partial charge in [-0.3, -0.25) is 0 Å². The second-order valence-corrected chi connectivity index (χ2v) is 8.31. The molecule has 5 nitrogen and oxygen atoms in total. The summed E-state index contributed by atoms with van der Waals surface area (Å²) in [6.07, 6.45) is 2.44. The summed E-state index contributed by atoms with van der Waals surface area (Å²) in [6.45, 7) is 1.16. The molecule has 2 aromatic rings. The van der Waals surface area contributed by atoms with Crippen molar-refractivity contribution < 1.29 is 17.9 Å². The predicted molar refractivity (Wildman–Crippen MR) is 94.5 cm³/mol. The standard InChI is InChI=1S/C19H21NO4S/c1-23-16-5-2-4-14(12-16)18-6-3-10-20(18)25(21,22)17-7-8-19-15(13-17)9-11-24-19/h2,4-5,7-8,12-13,18H,3,6,9-11H2,1H3. The van der Waals surface area contributed by atoms with Crippen molar-refractivity contribution in [1.82, 2.24) is 4.31 Å². The van der Waals surface area contributed by atoms with E-state index >= 15 is 0 Å². The Bertz CT molecular complexity index is 894. The lowest BCUT2D eigenvalue weighted by molar-refractivity contribution is 0.356. The average Bonchev–Trinajstić information content (AvgIpc) is 3.30. The first-order valence-electron chi connectivity index (χ1n) is 8.51. The normalized spacial score (nSPS) is 20.3. The van der Waals surface area contributed by atoms with Gasteiger partial charge in [-0.05, 0) is 54.3 Å². The second kappa shape index (κ2) is 6.35. The molecule has 1 fully saturated rings. The minimum absolute atomic E-state index is 0.149. The molecule has 1 unspecified atom stereocenters. The van der Waals surface area contributed by atoms with E-state index in [-0.39, 0.29) is 6.04 Å². The molecule has 0 radical (unpaired) electrons. The average molecular weight is 359 g/mol. The molecule has 2 aliphatic heterocycles. The van der Waals surface area contributed by atoms with Crippen molar-refractivity contribution in [3.05, 3.63) is 53.6 Å². The van der Waals surface area contributed by atoms with Gasteiger partial charge in [-0.2, -0.15) is 4.31 Å². The highest BCUT2D eigenvalue weighted by Gasteiger charge is 2.36. The molecule has 0 aromatic heterocycles. The molecule has 2 heterocycles. The maximum absolute atomic E-state index is 13.2. The maximum atomic E-state index is 13.2. The number of sulfonamides is 1. The van der Waals surface area contributed by atoms with Gasteiger partial charge in [-0.15, -0.1) is 0 Å². The second-order valence-electron chi connectivity index (χ2n) is 6.42. The van der Waals surface area contributed by atoms with Gasteiger partial charge in [-0.1, -0.05) is 12.1 Å². The number of rotatable bonds is 4. The lowest BCUT2D eigenvalue weighted by Crippen LogP contribution is -2.30. The van der Waals surface area contributed by atoms with Crippen molar-refractivity contribution in [1.29, 1.82) is 0 Å². The van der Waals surface area contributed by atoms with Gasteiger partial charge >= 0.3 is 0 Å². The van der Waals surface area contributed by atoms with Crippen LogP contribution in [-0.4, -0.2) is 33.0 Å². The van der Waals surface area contributed by atoms with Crippen LogP contribution in [0.2, 0.25) is 0 Å². The summed E-state index contributed by atoms with van der Waals surface area (Å²) in [5.74, 6) is 1.54. The van der Waals surface area contributed by atoms with Crippen molar-refractivity contribution in [2.45, 2.75) is 30.2 Å². The first-order chi connectivity index (χ1) is 12.1. The molecule has 1 atom stereocenters. The smallest absolute Gasteiger partial charge is 0.243 e. The van der Waals surface area contributed by atoms with Gasteiger partial charge in [0.05, 0.1) is 24.7 Å². The van der Waals surface area contributed by atoms with Crippen LogP contribution in [0, 0.1) is 0 Å². The number of ether oxygens (including phenoxy) is 2. The molecule has 1 saturated heterocycles. The molecule has 4 rings (SSSR count). The Balaban J connectivity index is 1.69. The zero-order valence-corrected chi connectivity index (χ0v) is 15.0. The molecular weight excluding hydrogens is 338 g/mol. The highest BCUT2D eigenvalue weighted by Crippen LogP contribution is 2.38. The Morgan fingerprint density at radius 3 is 2.92 bits per heavy atom. The predicted octanol–water partition coefficient (Wildman–Crippen LogP) is 3.16. The molecule has 0 spiro atoms. The van der Waals surface area contributed by atoms with E-state index in [2.05, 4.69) is 0 Å². The van der Waals surface area contributed by atoms with Gasteiger partial charge in [-0.25, -0.2) is 8.42 Å². The van der Waals surface area contributed by atoms with E-state index in [9.17, 15) is 8.42 Å². The third-order valence-corrected chi connectivity index (χ3v) is 6.85. The van der Waals surface area contributed by atoms with E-state index in [0.717, 1.165) is 41.9 Å². The van der Waals surface area contributed by atoms with Crippen LogP contribution >= 0.6 is 0 Å². The summed E-state index contributed by atoms with van der Waals surface area (Å²) in [5.41, 5.74) is 1.95. The van der Waals surface area contributed by atoms with Crippen LogP contribution in [0.4, 0.5) is 0 Å². The maximum Gasteiger partial charge on any atom is 0.243 e. The monoisotopic (exact) mass is 359 g/mol. The highest BCUT2D eigenvalue weighted by molar-refractivity contribution is 7.89. The van der Waals surface area contributed by atoms with E-state index in [4.69, 9.17) is 9.47 Å². The molecule has 0 N–H and O–H groups in total. The first kappa shape index (κ1) is 16.4. The summed E-state index contributed by atoms with van der Waals surface area (Å²) in [6, 6.07) is 12.7. The molecule has 0 amide bonds. The minimum Gasteiger partial charge on any atom is -0.497 e. The van der Waals surface area contributed by atoms with Gasteiger partial charge in [0.2, 0.25) is 10.0 Å². The van der Waals surface area contributed by atoms with E-state index in [1.54, 1.807) is 29.6 Å². The molecule has 132 valence electrons. The Labute approximate surface area is 148 Å². The fourth-order valence-electron chi connectivity index (χ4n) is 3.67. The van der Waals surface area contributed by atoms with Gasteiger partial charge in [0.15, 0.2) is 0 Å². The molecule has 6 heteroatoms. The van der Waals surface area contributed by atoms with E-state index in [1.807, 2.05) is 24.3 Å². The Hall–Kier alpha value is -2.05. The SMILES string of the molecule is COc1cccc(C2CCCN2S(=O)(=O)c2ccc3c(c2)CCO3)c1. The quantitative estimate of drug-likeness (QED) is 0.841. The number of nitrogens with zero attached hydrogens (tertiary/aromatic N) is 1. The summed E-state index contributed by atoms with van der Waals surface area (Å²) in [4.78, 5) is 0.353. The molecule has 0 aliphatic carbocycles. The highest BCUT2D eigenvalue weighted by atomic mass is 32.2. The first-order valence-corrected chi connectivity index (χ1v) is 9.95. The van der Waals surface area contributed by atoms with Crippen LogP contribution in [0.15, 0.2) is 47.4 Å². The summed E-state index contributed by atoms with van der Waals surface area (Å²) in [5, 5.41) is 0. The topological polar surface area (TPSA) is 55.8 Å². The summed E-state index contributed by atoms with van der Waals surface area (Å²) in [7, 11) is -1.92. The van der Waals surface area contributed by atoms with Crippen LogP contribution in [0.25, 0.3) is 0 Å². The van der Waals surface area contributed by atoms with E-state index in [0.29, 0.717) is 18.0 Å². The molecule has 0 saturated carbocycles. The van der Waals surface area contributed by atoms with Crippen molar-refractivity contribution in [2.24, 2.45) is 0 Å². The molecule has 0 bridgehead atoms. The number of benzene rings is 2. The molecular formula is C19H21NO4S. The van der Waals surface area contributed by atoms with Gasteiger partial charge in [0, 0.05) is 13.0 Å². The van der Waals surface area contributed by atoms with Crippen LogP contribution in [0.3, 0.4) is 0 Å². The fraction of sp³-hybridized carbons (Fsp3) is 0.368. The lowest BCUT2D eigenvalue weighted by Gasteiger charge is -2.25. The van der Waals surface area contributed by atoms with Crippen molar-refractivity contribution >= 4 is 10.0 Å². The van der Waals surface area contributed by atoms with Crippen molar-refractivity contribution in [3.8, 4) is 11.5 Å². The van der Waals surface area contributed by atoms with Crippen molar-refractivity contribution in [2.75, 3.05) is 20.3 Å². The van der Waals surface area contributed by atoms with Crippen molar-refractivity contribution in [3.63, 3.8) is 0 Å². The molecule has 25 heavy (non-hydrogen) atoms.